The summed E-state index contributed by atoms with van der Waals surface area (Å²) in [5.41, 5.74) is 1.68. The number of hydrogen-bond donors (Lipinski definition) is 2. The zero-order valence-electron chi connectivity index (χ0n) is 12.0. The van der Waals surface area contributed by atoms with E-state index in [-0.39, 0.29) is 11.9 Å². The van der Waals surface area contributed by atoms with Gasteiger partial charge in [0.2, 0.25) is 0 Å². The number of aromatic amines is 1. The molecule has 1 heterocycles. The molecule has 1 aromatic heterocycles. The molecular formula is C17H22N2O. The average Bonchev–Trinajstić information content (AvgIpc) is 2.92. The van der Waals surface area contributed by atoms with Crippen molar-refractivity contribution < 1.29 is 4.79 Å². The Bertz CT molecular complexity index is 563. The molecule has 0 saturated heterocycles. The Morgan fingerprint density at radius 3 is 2.75 bits per heavy atom. The lowest BCUT2D eigenvalue weighted by Gasteiger charge is -2.28. The summed E-state index contributed by atoms with van der Waals surface area (Å²) in [5.74, 6) is 0.649. The number of fused-ring (bicyclic) bond motifs is 1. The number of carbonyl (C=O) groups is 1. The maximum Gasteiger partial charge on any atom is 0.267 e. The number of para-hydroxylation sites is 1. The Balaban J connectivity index is 1.68. The van der Waals surface area contributed by atoms with Crippen LogP contribution in [0.2, 0.25) is 0 Å². The van der Waals surface area contributed by atoms with Crippen LogP contribution in [0.4, 0.5) is 0 Å². The van der Waals surface area contributed by atoms with Gasteiger partial charge in [0.05, 0.1) is 0 Å². The van der Waals surface area contributed by atoms with Gasteiger partial charge in [-0.1, -0.05) is 37.5 Å². The number of rotatable bonds is 3. The van der Waals surface area contributed by atoms with Crippen LogP contribution in [0.25, 0.3) is 10.9 Å². The highest BCUT2D eigenvalue weighted by molar-refractivity contribution is 5.98. The molecule has 1 aliphatic carbocycles. The molecule has 1 aliphatic rings. The lowest BCUT2D eigenvalue weighted by Crippen LogP contribution is -2.39. The van der Waals surface area contributed by atoms with Gasteiger partial charge < -0.3 is 10.3 Å². The van der Waals surface area contributed by atoms with Gasteiger partial charge in [0.15, 0.2) is 0 Å². The summed E-state index contributed by atoms with van der Waals surface area (Å²) in [7, 11) is 0. The molecule has 0 radical (unpaired) electrons. The van der Waals surface area contributed by atoms with Crippen LogP contribution in [-0.4, -0.2) is 16.9 Å². The van der Waals surface area contributed by atoms with Crippen LogP contribution in [0.3, 0.4) is 0 Å². The minimum absolute atomic E-state index is 0.0132. The number of carbonyl (C=O) groups excluding carboxylic acids is 1. The van der Waals surface area contributed by atoms with E-state index in [1.165, 1.54) is 32.1 Å². The molecular weight excluding hydrogens is 248 g/mol. The van der Waals surface area contributed by atoms with E-state index in [0.29, 0.717) is 11.6 Å². The fourth-order valence-corrected chi connectivity index (χ4v) is 3.23. The van der Waals surface area contributed by atoms with Gasteiger partial charge in [0.1, 0.15) is 5.69 Å². The molecule has 0 bridgehead atoms. The molecule has 1 amide bonds. The topological polar surface area (TPSA) is 44.9 Å². The highest BCUT2D eigenvalue weighted by Crippen LogP contribution is 2.26. The predicted molar refractivity (Wildman–Crippen MR) is 81.8 cm³/mol. The lowest BCUT2D eigenvalue weighted by atomic mass is 9.84. The second-order valence-electron chi connectivity index (χ2n) is 5.93. The second-order valence-corrected chi connectivity index (χ2v) is 5.93. The molecule has 20 heavy (non-hydrogen) atoms. The van der Waals surface area contributed by atoms with E-state index in [1.807, 2.05) is 30.3 Å². The normalized spacial score (nSPS) is 18.1. The van der Waals surface area contributed by atoms with Crippen LogP contribution < -0.4 is 5.32 Å². The molecule has 2 aromatic rings. The third-order valence-corrected chi connectivity index (χ3v) is 4.49. The molecule has 2 N–H and O–H groups in total. The summed E-state index contributed by atoms with van der Waals surface area (Å²) in [6, 6.07) is 10.2. The fraction of sp³-hybridized carbons (Fsp3) is 0.471. The molecule has 3 rings (SSSR count). The van der Waals surface area contributed by atoms with Crippen molar-refractivity contribution in [1.29, 1.82) is 0 Å². The summed E-state index contributed by atoms with van der Waals surface area (Å²) in [6.45, 7) is 2.14. The molecule has 1 saturated carbocycles. The lowest BCUT2D eigenvalue weighted by molar-refractivity contribution is 0.0915. The van der Waals surface area contributed by atoms with Gasteiger partial charge in [-0.05, 0) is 37.8 Å². The van der Waals surface area contributed by atoms with Gasteiger partial charge in [0.25, 0.3) is 5.91 Å². The van der Waals surface area contributed by atoms with Crippen molar-refractivity contribution in [3.8, 4) is 0 Å². The van der Waals surface area contributed by atoms with Crippen molar-refractivity contribution in [3.05, 3.63) is 36.0 Å². The third kappa shape index (κ3) is 2.72. The second kappa shape index (κ2) is 5.70. The first-order valence-electron chi connectivity index (χ1n) is 7.62. The maximum atomic E-state index is 12.3. The molecule has 1 aromatic carbocycles. The van der Waals surface area contributed by atoms with E-state index in [4.69, 9.17) is 0 Å². The van der Waals surface area contributed by atoms with E-state index in [1.54, 1.807) is 0 Å². The Kier molecular flexibility index (Phi) is 3.77. The first-order chi connectivity index (χ1) is 9.74. The summed E-state index contributed by atoms with van der Waals surface area (Å²) >= 11 is 0. The molecule has 1 atom stereocenters. The molecule has 0 spiro atoms. The predicted octanol–water partition coefficient (Wildman–Crippen LogP) is 3.87. The van der Waals surface area contributed by atoms with Crippen molar-refractivity contribution in [2.75, 3.05) is 0 Å². The summed E-state index contributed by atoms with van der Waals surface area (Å²) in [5, 5.41) is 4.24. The number of H-pyrrole nitrogens is 1. The summed E-state index contributed by atoms with van der Waals surface area (Å²) < 4.78 is 0. The number of amides is 1. The molecule has 106 valence electrons. The van der Waals surface area contributed by atoms with E-state index < -0.39 is 0 Å². The highest BCUT2D eigenvalue weighted by atomic mass is 16.1. The van der Waals surface area contributed by atoms with Gasteiger partial charge in [-0.25, -0.2) is 0 Å². The molecule has 3 heteroatoms. The van der Waals surface area contributed by atoms with Crippen LogP contribution in [0.15, 0.2) is 30.3 Å². The Hall–Kier alpha value is -1.77. The average molecular weight is 270 g/mol. The van der Waals surface area contributed by atoms with Crippen LogP contribution in [0.1, 0.15) is 49.5 Å². The van der Waals surface area contributed by atoms with Crippen molar-refractivity contribution in [2.24, 2.45) is 5.92 Å². The maximum absolute atomic E-state index is 12.3. The quantitative estimate of drug-likeness (QED) is 0.873. The van der Waals surface area contributed by atoms with Crippen molar-refractivity contribution >= 4 is 16.8 Å². The number of nitrogens with one attached hydrogen (secondary N) is 2. The smallest absolute Gasteiger partial charge is 0.267 e. The number of benzene rings is 1. The van der Waals surface area contributed by atoms with E-state index in [0.717, 1.165) is 10.9 Å². The van der Waals surface area contributed by atoms with E-state index >= 15 is 0 Å². The van der Waals surface area contributed by atoms with E-state index in [2.05, 4.69) is 17.2 Å². The fourth-order valence-electron chi connectivity index (χ4n) is 3.23. The van der Waals surface area contributed by atoms with Crippen LogP contribution in [0, 0.1) is 5.92 Å². The van der Waals surface area contributed by atoms with Crippen LogP contribution in [-0.2, 0) is 0 Å². The molecule has 1 fully saturated rings. The Morgan fingerprint density at radius 1 is 1.25 bits per heavy atom. The van der Waals surface area contributed by atoms with Gasteiger partial charge in [-0.3, -0.25) is 4.79 Å². The van der Waals surface area contributed by atoms with Gasteiger partial charge in [-0.2, -0.15) is 0 Å². The van der Waals surface area contributed by atoms with E-state index in [9.17, 15) is 4.79 Å². The standard InChI is InChI=1S/C17H22N2O/c1-12(13-7-3-2-4-8-13)18-17(20)16-11-14-9-5-6-10-15(14)19-16/h5-6,9-13,19H,2-4,7-8H2,1H3,(H,18,20). The number of aromatic nitrogens is 1. The van der Waals surface area contributed by atoms with Gasteiger partial charge in [-0.15, -0.1) is 0 Å². The molecule has 0 aliphatic heterocycles. The SMILES string of the molecule is CC(NC(=O)c1cc2ccccc2[nH]1)C1CCCCC1. The van der Waals surface area contributed by atoms with Crippen LogP contribution >= 0.6 is 0 Å². The van der Waals surface area contributed by atoms with Gasteiger partial charge >= 0.3 is 0 Å². The highest BCUT2D eigenvalue weighted by Gasteiger charge is 2.22. The monoisotopic (exact) mass is 270 g/mol. The van der Waals surface area contributed by atoms with Crippen molar-refractivity contribution in [2.45, 2.75) is 45.1 Å². The van der Waals surface area contributed by atoms with Crippen molar-refractivity contribution in [1.82, 2.24) is 10.3 Å². The molecule has 3 nitrogen and oxygen atoms in total. The Morgan fingerprint density at radius 2 is 2.00 bits per heavy atom. The summed E-state index contributed by atoms with van der Waals surface area (Å²) in [4.78, 5) is 15.5. The summed E-state index contributed by atoms with van der Waals surface area (Å²) in [6.07, 6.45) is 6.44. The number of hydrogen-bond acceptors (Lipinski definition) is 1. The van der Waals surface area contributed by atoms with Crippen LogP contribution in [0.5, 0.6) is 0 Å². The zero-order chi connectivity index (χ0) is 13.9. The third-order valence-electron chi connectivity index (χ3n) is 4.49. The van der Waals surface area contributed by atoms with Gasteiger partial charge in [0, 0.05) is 16.9 Å². The molecule has 1 unspecified atom stereocenters. The zero-order valence-corrected chi connectivity index (χ0v) is 12.0. The minimum Gasteiger partial charge on any atom is -0.351 e. The Labute approximate surface area is 119 Å². The van der Waals surface area contributed by atoms with Crippen molar-refractivity contribution in [3.63, 3.8) is 0 Å². The minimum atomic E-state index is 0.0132. The first kappa shape index (κ1) is 13.2. The first-order valence-corrected chi connectivity index (χ1v) is 7.62. The largest absolute Gasteiger partial charge is 0.351 e.